The molecular formula is C20H26N4O3S. The summed E-state index contributed by atoms with van der Waals surface area (Å²) in [4.78, 5) is 16.5. The van der Waals surface area contributed by atoms with Crippen molar-refractivity contribution in [1.82, 2.24) is 16.0 Å². The highest BCUT2D eigenvalue weighted by Crippen LogP contribution is 2.16. The largest absolute Gasteiger partial charge is 0.355 e. The van der Waals surface area contributed by atoms with Crippen LogP contribution >= 0.6 is 0 Å². The Morgan fingerprint density at radius 1 is 1.00 bits per heavy atom. The fraction of sp³-hybridized carbons (Fsp3) is 0.300. The number of hydrogen-bond acceptors (Lipinski definition) is 4. The van der Waals surface area contributed by atoms with Gasteiger partial charge in [-0.15, -0.1) is 0 Å². The standard InChI is InChI=1S/C20H26N4O3S/c1-15-13-16(9-10-18(15)28(3,26)27)14-24-20(21-2)23-12-11-22-19(25)17-7-5-4-6-8-17/h4-10,13H,11-12,14H2,1-3H3,(H,22,25)(H2,21,23,24). The van der Waals surface area contributed by atoms with Gasteiger partial charge in [0.2, 0.25) is 0 Å². The third-order valence-electron chi connectivity index (χ3n) is 4.06. The van der Waals surface area contributed by atoms with Crippen molar-refractivity contribution < 1.29 is 13.2 Å². The summed E-state index contributed by atoms with van der Waals surface area (Å²) in [7, 11) is -1.56. The molecule has 2 aromatic carbocycles. The fourth-order valence-corrected chi connectivity index (χ4v) is 3.65. The van der Waals surface area contributed by atoms with E-state index in [0.717, 1.165) is 5.56 Å². The lowest BCUT2D eigenvalue weighted by atomic mass is 10.1. The van der Waals surface area contributed by atoms with Gasteiger partial charge in [0.15, 0.2) is 15.8 Å². The van der Waals surface area contributed by atoms with Gasteiger partial charge in [0.1, 0.15) is 0 Å². The van der Waals surface area contributed by atoms with Crippen LogP contribution in [0.1, 0.15) is 21.5 Å². The minimum Gasteiger partial charge on any atom is -0.355 e. The maximum atomic E-state index is 12.0. The lowest BCUT2D eigenvalue weighted by molar-refractivity contribution is 0.0954. The Labute approximate surface area is 166 Å². The molecular weight excluding hydrogens is 376 g/mol. The highest BCUT2D eigenvalue weighted by molar-refractivity contribution is 7.90. The first-order valence-electron chi connectivity index (χ1n) is 8.88. The zero-order valence-electron chi connectivity index (χ0n) is 16.3. The molecule has 0 saturated carbocycles. The number of guanidine groups is 1. The van der Waals surface area contributed by atoms with Crippen molar-refractivity contribution in [3.05, 3.63) is 65.2 Å². The molecule has 0 aromatic heterocycles. The van der Waals surface area contributed by atoms with Crippen molar-refractivity contribution in [3.63, 3.8) is 0 Å². The van der Waals surface area contributed by atoms with E-state index in [9.17, 15) is 13.2 Å². The molecule has 2 aromatic rings. The van der Waals surface area contributed by atoms with Crippen molar-refractivity contribution in [2.24, 2.45) is 4.99 Å². The number of amides is 1. The first-order chi connectivity index (χ1) is 13.3. The summed E-state index contributed by atoms with van der Waals surface area (Å²) in [5.74, 6) is 0.477. The van der Waals surface area contributed by atoms with Gasteiger partial charge in [-0.1, -0.05) is 30.3 Å². The normalized spacial score (nSPS) is 11.8. The lowest BCUT2D eigenvalue weighted by Gasteiger charge is -2.13. The summed E-state index contributed by atoms with van der Waals surface area (Å²) < 4.78 is 23.4. The Bertz CT molecular complexity index is 941. The molecule has 0 unspecified atom stereocenters. The van der Waals surface area contributed by atoms with E-state index in [1.807, 2.05) is 24.3 Å². The average molecular weight is 403 g/mol. The Hall–Kier alpha value is -2.87. The van der Waals surface area contributed by atoms with Crippen LogP contribution in [0.4, 0.5) is 0 Å². The quantitative estimate of drug-likeness (QED) is 0.370. The lowest BCUT2D eigenvalue weighted by Crippen LogP contribution is -2.41. The maximum absolute atomic E-state index is 12.0. The van der Waals surface area contributed by atoms with E-state index in [-0.39, 0.29) is 5.91 Å². The van der Waals surface area contributed by atoms with Crippen molar-refractivity contribution in [3.8, 4) is 0 Å². The molecule has 0 radical (unpaired) electrons. The first kappa shape index (κ1) is 21.4. The summed E-state index contributed by atoms with van der Waals surface area (Å²) in [6.45, 7) is 3.25. The third-order valence-corrected chi connectivity index (χ3v) is 5.32. The molecule has 8 heteroatoms. The molecule has 28 heavy (non-hydrogen) atoms. The van der Waals surface area contributed by atoms with Crippen LogP contribution in [0.3, 0.4) is 0 Å². The zero-order chi connectivity index (χ0) is 20.6. The first-order valence-corrected chi connectivity index (χ1v) is 10.8. The second-order valence-corrected chi connectivity index (χ2v) is 8.33. The van der Waals surface area contributed by atoms with Gasteiger partial charge in [-0.05, 0) is 36.2 Å². The maximum Gasteiger partial charge on any atom is 0.251 e. The third kappa shape index (κ3) is 6.38. The molecule has 2 rings (SSSR count). The van der Waals surface area contributed by atoms with Crippen molar-refractivity contribution in [2.45, 2.75) is 18.4 Å². The van der Waals surface area contributed by atoms with Gasteiger partial charge >= 0.3 is 0 Å². The molecule has 0 aliphatic rings. The Morgan fingerprint density at radius 2 is 1.68 bits per heavy atom. The smallest absolute Gasteiger partial charge is 0.251 e. The minimum atomic E-state index is -3.22. The van der Waals surface area contributed by atoms with Gasteiger partial charge in [-0.25, -0.2) is 8.42 Å². The number of sulfone groups is 1. The topological polar surface area (TPSA) is 99.7 Å². The van der Waals surface area contributed by atoms with Crippen molar-refractivity contribution in [1.29, 1.82) is 0 Å². The number of aryl methyl sites for hydroxylation is 1. The summed E-state index contributed by atoms with van der Waals surface area (Å²) >= 11 is 0. The van der Waals surface area contributed by atoms with Gasteiger partial charge in [-0.3, -0.25) is 9.79 Å². The molecule has 0 aliphatic heterocycles. The molecule has 0 saturated heterocycles. The summed E-state index contributed by atoms with van der Waals surface area (Å²) in [5, 5.41) is 9.13. The predicted octanol–water partition coefficient (Wildman–Crippen LogP) is 1.49. The number of benzene rings is 2. The second kappa shape index (κ2) is 9.89. The zero-order valence-corrected chi connectivity index (χ0v) is 17.1. The van der Waals surface area contributed by atoms with Crippen LogP contribution in [0.5, 0.6) is 0 Å². The molecule has 0 atom stereocenters. The van der Waals surface area contributed by atoms with Crippen LogP contribution in [-0.4, -0.2) is 46.7 Å². The van der Waals surface area contributed by atoms with E-state index in [1.165, 1.54) is 6.26 Å². The van der Waals surface area contributed by atoms with E-state index >= 15 is 0 Å². The molecule has 0 spiro atoms. The van der Waals surface area contributed by atoms with Crippen LogP contribution < -0.4 is 16.0 Å². The molecule has 3 N–H and O–H groups in total. The van der Waals surface area contributed by atoms with Crippen molar-refractivity contribution >= 4 is 21.7 Å². The Balaban J connectivity index is 1.79. The number of nitrogens with zero attached hydrogens (tertiary/aromatic N) is 1. The molecule has 1 amide bonds. The molecule has 7 nitrogen and oxygen atoms in total. The van der Waals surface area contributed by atoms with Gasteiger partial charge in [0, 0.05) is 38.5 Å². The van der Waals surface area contributed by atoms with Crippen molar-refractivity contribution in [2.75, 3.05) is 26.4 Å². The SMILES string of the molecule is CN=C(NCCNC(=O)c1ccccc1)NCc1ccc(S(C)(=O)=O)c(C)c1. The van der Waals surface area contributed by atoms with Gasteiger partial charge in [0.05, 0.1) is 4.90 Å². The molecule has 150 valence electrons. The number of rotatable bonds is 7. The Kier molecular flexibility index (Phi) is 7.57. The molecule has 0 bridgehead atoms. The van der Waals surface area contributed by atoms with Gasteiger partial charge in [0.25, 0.3) is 5.91 Å². The van der Waals surface area contributed by atoms with E-state index in [2.05, 4.69) is 20.9 Å². The van der Waals surface area contributed by atoms with Crippen LogP contribution in [0.25, 0.3) is 0 Å². The predicted molar refractivity (Wildman–Crippen MR) is 111 cm³/mol. The summed E-state index contributed by atoms with van der Waals surface area (Å²) in [5.41, 5.74) is 2.29. The van der Waals surface area contributed by atoms with E-state index < -0.39 is 9.84 Å². The number of aliphatic imine (C=N–C) groups is 1. The Morgan fingerprint density at radius 3 is 2.29 bits per heavy atom. The van der Waals surface area contributed by atoms with Crippen LogP contribution in [0.2, 0.25) is 0 Å². The van der Waals surface area contributed by atoms with E-state index in [0.29, 0.717) is 41.6 Å². The number of carbonyl (C=O) groups excluding carboxylic acids is 1. The number of carbonyl (C=O) groups is 1. The average Bonchev–Trinajstić information content (AvgIpc) is 2.67. The van der Waals surface area contributed by atoms with Gasteiger partial charge < -0.3 is 16.0 Å². The highest BCUT2D eigenvalue weighted by atomic mass is 32.2. The van der Waals surface area contributed by atoms with Gasteiger partial charge in [-0.2, -0.15) is 0 Å². The highest BCUT2D eigenvalue weighted by Gasteiger charge is 2.11. The number of hydrogen-bond donors (Lipinski definition) is 3. The minimum absolute atomic E-state index is 0.119. The van der Waals surface area contributed by atoms with Crippen LogP contribution in [0.15, 0.2) is 58.4 Å². The summed E-state index contributed by atoms with van der Waals surface area (Å²) in [6, 6.07) is 14.3. The van der Waals surface area contributed by atoms with Crippen LogP contribution in [0, 0.1) is 6.92 Å². The number of nitrogens with one attached hydrogen (secondary N) is 3. The van der Waals surface area contributed by atoms with Crippen LogP contribution in [-0.2, 0) is 16.4 Å². The molecule has 0 fully saturated rings. The van der Waals surface area contributed by atoms with E-state index in [1.54, 1.807) is 38.2 Å². The monoisotopic (exact) mass is 402 g/mol. The summed E-state index contributed by atoms with van der Waals surface area (Å²) in [6.07, 6.45) is 1.20. The second-order valence-electron chi connectivity index (χ2n) is 6.35. The molecule has 0 aliphatic carbocycles. The fourth-order valence-electron chi connectivity index (χ4n) is 2.69. The molecule has 0 heterocycles. The van der Waals surface area contributed by atoms with E-state index in [4.69, 9.17) is 0 Å².